The minimum Gasteiger partial charge on any atom is -0.326 e. The van der Waals surface area contributed by atoms with Crippen molar-refractivity contribution in [3.63, 3.8) is 0 Å². The van der Waals surface area contributed by atoms with Crippen LogP contribution in [0.4, 0.5) is 13.2 Å². The molecule has 5 heteroatoms. The molecule has 0 saturated carbocycles. The topological polar surface area (TPSA) is 26.0 Å². The quantitative estimate of drug-likeness (QED) is 0.856. The molecule has 0 aliphatic heterocycles. The van der Waals surface area contributed by atoms with E-state index in [1.54, 1.807) is 30.3 Å². The van der Waals surface area contributed by atoms with Crippen LogP contribution in [0.15, 0.2) is 46.9 Å². The van der Waals surface area contributed by atoms with Crippen LogP contribution in [0.3, 0.4) is 0 Å². The van der Waals surface area contributed by atoms with E-state index in [2.05, 4.69) is 15.9 Å². The van der Waals surface area contributed by atoms with Crippen molar-refractivity contribution in [1.82, 2.24) is 0 Å². The van der Waals surface area contributed by atoms with Gasteiger partial charge in [-0.1, -0.05) is 46.3 Å². The fourth-order valence-corrected chi connectivity index (χ4v) is 2.46. The van der Waals surface area contributed by atoms with Gasteiger partial charge in [0.2, 0.25) is 0 Å². The predicted octanol–water partition coefficient (Wildman–Crippen LogP) is 4.59. The van der Waals surface area contributed by atoms with E-state index in [9.17, 15) is 13.2 Å². The summed E-state index contributed by atoms with van der Waals surface area (Å²) in [6.07, 6.45) is -4.38. The van der Waals surface area contributed by atoms with E-state index >= 15 is 0 Å². The smallest absolute Gasteiger partial charge is 0.326 e. The highest BCUT2D eigenvalue weighted by Crippen LogP contribution is 2.40. The Hall–Kier alpha value is -1.33. The number of alkyl halides is 3. The van der Waals surface area contributed by atoms with Crippen LogP contribution in [0, 0.1) is 0 Å². The average molecular weight is 330 g/mol. The molecule has 0 aliphatic carbocycles. The van der Waals surface area contributed by atoms with Crippen LogP contribution in [-0.2, 0) is 12.7 Å². The summed E-state index contributed by atoms with van der Waals surface area (Å²) in [5.41, 5.74) is 6.37. The summed E-state index contributed by atoms with van der Waals surface area (Å²) in [4.78, 5) is 0. The molecule has 2 aromatic rings. The molecule has 2 N–H and O–H groups in total. The Bertz CT molecular complexity index is 576. The summed E-state index contributed by atoms with van der Waals surface area (Å²) < 4.78 is 39.5. The van der Waals surface area contributed by atoms with Gasteiger partial charge in [0.15, 0.2) is 0 Å². The molecule has 1 nitrogen and oxygen atoms in total. The normalized spacial score (nSPS) is 11.6. The number of halogens is 4. The highest BCUT2D eigenvalue weighted by molar-refractivity contribution is 9.10. The molecule has 2 aromatic carbocycles. The lowest BCUT2D eigenvalue weighted by Gasteiger charge is -2.15. The van der Waals surface area contributed by atoms with Crippen LogP contribution < -0.4 is 5.73 Å². The maximum atomic E-state index is 13.0. The first-order valence-electron chi connectivity index (χ1n) is 5.58. The van der Waals surface area contributed by atoms with Gasteiger partial charge in [0.1, 0.15) is 0 Å². The number of nitrogens with two attached hydrogens (primary N) is 1. The van der Waals surface area contributed by atoms with Crippen LogP contribution in [-0.4, -0.2) is 0 Å². The molecule has 0 spiro atoms. The maximum absolute atomic E-state index is 13.0. The van der Waals surface area contributed by atoms with E-state index in [0.717, 1.165) is 11.6 Å². The molecule has 0 aliphatic rings. The SMILES string of the molecule is NCc1ccc(-c2c(Br)cccc2C(F)(F)F)cc1. The summed E-state index contributed by atoms with van der Waals surface area (Å²) in [5.74, 6) is 0. The zero-order valence-electron chi connectivity index (χ0n) is 9.84. The van der Waals surface area contributed by atoms with E-state index in [4.69, 9.17) is 5.73 Å². The first-order chi connectivity index (χ1) is 8.93. The van der Waals surface area contributed by atoms with Crippen molar-refractivity contribution < 1.29 is 13.2 Å². The van der Waals surface area contributed by atoms with Crippen molar-refractivity contribution in [3.05, 3.63) is 58.1 Å². The lowest BCUT2D eigenvalue weighted by atomic mass is 9.98. The van der Waals surface area contributed by atoms with Gasteiger partial charge in [0, 0.05) is 16.6 Å². The highest BCUT2D eigenvalue weighted by Gasteiger charge is 2.34. The summed E-state index contributed by atoms with van der Waals surface area (Å²) in [6, 6.07) is 10.8. The van der Waals surface area contributed by atoms with E-state index in [-0.39, 0.29) is 5.56 Å². The molecular weight excluding hydrogens is 319 g/mol. The Kier molecular flexibility index (Phi) is 3.96. The van der Waals surface area contributed by atoms with Crippen molar-refractivity contribution in [2.45, 2.75) is 12.7 Å². The second-order valence-electron chi connectivity index (χ2n) is 4.06. The lowest BCUT2D eigenvalue weighted by molar-refractivity contribution is -0.137. The van der Waals surface area contributed by atoms with Gasteiger partial charge in [0.05, 0.1) is 5.56 Å². The Morgan fingerprint density at radius 2 is 1.63 bits per heavy atom. The van der Waals surface area contributed by atoms with Gasteiger partial charge in [-0.15, -0.1) is 0 Å². The van der Waals surface area contributed by atoms with E-state index in [1.165, 1.54) is 6.07 Å². The maximum Gasteiger partial charge on any atom is 0.417 e. The largest absolute Gasteiger partial charge is 0.417 e. The van der Waals surface area contributed by atoms with Crippen molar-refractivity contribution in [1.29, 1.82) is 0 Å². The van der Waals surface area contributed by atoms with Gasteiger partial charge in [-0.2, -0.15) is 13.2 Å². The third-order valence-electron chi connectivity index (χ3n) is 2.80. The van der Waals surface area contributed by atoms with E-state index < -0.39 is 11.7 Å². The molecule has 0 saturated heterocycles. The standard InChI is InChI=1S/C14H11BrF3N/c15-12-3-1-2-11(14(16,17)18)13(12)10-6-4-9(8-19)5-7-10/h1-7H,8,19H2. The molecule has 0 heterocycles. The van der Waals surface area contributed by atoms with Crippen molar-refractivity contribution in [2.75, 3.05) is 0 Å². The summed E-state index contributed by atoms with van der Waals surface area (Å²) in [6.45, 7) is 0.363. The molecule has 0 bridgehead atoms. The molecule has 0 radical (unpaired) electrons. The molecule has 0 aromatic heterocycles. The number of rotatable bonds is 2. The van der Waals surface area contributed by atoms with Gasteiger partial charge in [-0.05, 0) is 23.3 Å². The molecular formula is C14H11BrF3N. The van der Waals surface area contributed by atoms with Crippen molar-refractivity contribution >= 4 is 15.9 Å². The Morgan fingerprint density at radius 1 is 1.00 bits per heavy atom. The number of hydrogen-bond donors (Lipinski definition) is 1. The first-order valence-corrected chi connectivity index (χ1v) is 6.38. The Balaban J connectivity index is 2.60. The second-order valence-corrected chi connectivity index (χ2v) is 4.92. The fourth-order valence-electron chi connectivity index (χ4n) is 1.86. The fraction of sp³-hybridized carbons (Fsp3) is 0.143. The van der Waals surface area contributed by atoms with Gasteiger partial charge in [0.25, 0.3) is 0 Å². The molecule has 0 fully saturated rings. The molecule has 0 atom stereocenters. The van der Waals surface area contributed by atoms with Crippen LogP contribution in [0.2, 0.25) is 0 Å². The summed E-state index contributed by atoms with van der Waals surface area (Å²) >= 11 is 3.19. The molecule has 2 rings (SSSR count). The van der Waals surface area contributed by atoms with E-state index in [0.29, 0.717) is 16.6 Å². The predicted molar refractivity (Wildman–Crippen MR) is 72.5 cm³/mol. The van der Waals surface area contributed by atoms with E-state index in [1.807, 2.05) is 0 Å². The number of benzene rings is 2. The van der Waals surface area contributed by atoms with Crippen LogP contribution >= 0.6 is 15.9 Å². The minimum atomic E-state index is -4.38. The van der Waals surface area contributed by atoms with Gasteiger partial charge >= 0.3 is 6.18 Å². The van der Waals surface area contributed by atoms with Gasteiger partial charge in [-0.3, -0.25) is 0 Å². The summed E-state index contributed by atoms with van der Waals surface area (Å²) in [5, 5.41) is 0. The van der Waals surface area contributed by atoms with Crippen LogP contribution in [0.25, 0.3) is 11.1 Å². The molecule has 0 amide bonds. The van der Waals surface area contributed by atoms with Gasteiger partial charge < -0.3 is 5.73 Å². The third-order valence-corrected chi connectivity index (χ3v) is 3.46. The second kappa shape index (κ2) is 5.35. The van der Waals surface area contributed by atoms with Crippen molar-refractivity contribution in [2.24, 2.45) is 5.73 Å². The highest BCUT2D eigenvalue weighted by atomic mass is 79.9. The van der Waals surface area contributed by atoms with Crippen LogP contribution in [0.5, 0.6) is 0 Å². The Labute approximate surface area is 117 Å². The zero-order valence-corrected chi connectivity index (χ0v) is 11.4. The Morgan fingerprint density at radius 3 is 2.16 bits per heavy atom. The summed E-state index contributed by atoms with van der Waals surface area (Å²) in [7, 11) is 0. The van der Waals surface area contributed by atoms with Crippen molar-refractivity contribution in [3.8, 4) is 11.1 Å². The molecule has 0 unspecified atom stereocenters. The van der Waals surface area contributed by atoms with Crippen LogP contribution in [0.1, 0.15) is 11.1 Å². The minimum absolute atomic E-state index is 0.151. The monoisotopic (exact) mass is 329 g/mol. The zero-order chi connectivity index (χ0) is 14.0. The first kappa shape index (κ1) is 14.1. The van der Waals surface area contributed by atoms with Gasteiger partial charge in [-0.25, -0.2) is 0 Å². The molecule has 100 valence electrons. The molecule has 19 heavy (non-hydrogen) atoms. The average Bonchev–Trinajstić information content (AvgIpc) is 2.37. The lowest BCUT2D eigenvalue weighted by Crippen LogP contribution is -2.07. The number of hydrogen-bond acceptors (Lipinski definition) is 1. The third kappa shape index (κ3) is 2.98.